The van der Waals surface area contributed by atoms with E-state index in [2.05, 4.69) is 5.32 Å². The molecule has 0 bridgehead atoms. The molecule has 0 radical (unpaired) electrons. The fourth-order valence-corrected chi connectivity index (χ4v) is 2.39. The fraction of sp³-hybridized carbons (Fsp3) is 0.917. The molecular weight excluding hydrogens is 190 g/mol. The van der Waals surface area contributed by atoms with Crippen LogP contribution in [0.3, 0.4) is 0 Å². The largest absolute Gasteiger partial charge is 0.465 e. The van der Waals surface area contributed by atoms with Gasteiger partial charge in [-0.05, 0) is 26.3 Å². The topological polar surface area (TPSA) is 38.3 Å². The predicted octanol–water partition coefficient (Wildman–Crippen LogP) is 2.25. The zero-order chi connectivity index (χ0) is 11.1. The van der Waals surface area contributed by atoms with Crippen LogP contribution in [0, 0.1) is 0 Å². The van der Waals surface area contributed by atoms with Crippen LogP contribution in [0.15, 0.2) is 0 Å². The summed E-state index contributed by atoms with van der Waals surface area (Å²) in [7, 11) is 0. The number of nitrogens with one attached hydrogen (secondary N) is 1. The van der Waals surface area contributed by atoms with Crippen molar-refractivity contribution in [3.8, 4) is 0 Å². The maximum Gasteiger partial charge on any atom is 0.326 e. The number of esters is 1. The van der Waals surface area contributed by atoms with Crippen molar-refractivity contribution in [2.45, 2.75) is 57.9 Å². The van der Waals surface area contributed by atoms with Gasteiger partial charge in [-0.3, -0.25) is 4.79 Å². The van der Waals surface area contributed by atoms with Gasteiger partial charge in [-0.1, -0.05) is 32.6 Å². The van der Waals surface area contributed by atoms with Gasteiger partial charge in [0.2, 0.25) is 0 Å². The van der Waals surface area contributed by atoms with Crippen molar-refractivity contribution in [3.63, 3.8) is 0 Å². The molecule has 1 aliphatic carbocycles. The van der Waals surface area contributed by atoms with Crippen molar-refractivity contribution in [1.82, 2.24) is 5.32 Å². The minimum atomic E-state index is -0.388. The maximum atomic E-state index is 12.0. The van der Waals surface area contributed by atoms with E-state index in [0.717, 1.165) is 32.2 Å². The summed E-state index contributed by atoms with van der Waals surface area (Å²) in [6.07, 6.45) is 6.61. The van der Waals surface area contributed by atoms with Gasteiger partial charge in [-0.2, -0.15) is 0 Å². The lowest BCUT2D eigenvalue weighted by Gasteiger charge is -2.31. The molecule has 0 aromatic heterocycles. The van der Waals surface area contributed by atoms with E-state index in [1.54, 1.807) is 0 Å². The van der Waals surface area contributed by atoms with Crippen LogP contribution < -0.4 is 5.32 Å². The van der Waals surface area contributed by atoms with Crippen molar-refractivity contribution < 1.29 is 9.53 Å². The van der Waals surface area contributed by atoms with E-state index < -0.39 is 0 Å². The molecule has 0 heterocycles. The summed E-state index contributed by atoms with van der Waals surface area (Å²) in [6.45, 7) is 5.23. The maximum absolute atomic E-state index is 12.0. The summed E-state index contributed by atoms with van der Waals surface area (Å²) >= 11 is 0. The van der Waals surface area contributed by atoms with Gasteiger partial charge >= 0.3 is 5.97 Å². The third-order valence-corrected chi connectivity index (χ3v) is 3.14. The van der Waals surface area contributed by atoms with Crippen molar-refractivity contribution in [1.29, 1.82) is 0 Å². The molecule has 1 aliphatic rings. The highest BCUT2D eigenvalue weighted by Gasteiger charge is 2.38. The molecule has 1 saturated carbocycles. The van der Waals surface area contributed by atoms with Crippen LogP contribution in [0.5, 0.6) is 0 Å². The Morgan fingerprint density at radius 1 is 1.20 bits per heavy atom. The summed E-state index contributed by atoms with van der Waals surface area (Å²) in [5.41, 5.74) is -0.388. The zero-order valence-corrected chi connectivity index (χ0v) is 9.97. The number of ether oxygens (including phenoxy) is 1. The second-order valence-electron chi connectivity index (χ2n) is 4.25. The molecule has 0 aliphatic heterocycles. The van der Waals surface area contributed by atoms with Gasteiger partial charge in [0.1, 0.15) is 5.54 Å². The highest BCUT2D eigenvalue weighted by Crippen LogP contribution is 2.28. The van der Waals surface area contributed by atoms with Crippen molar-refractivity contribution >= 4 is 5.97 Å². The van der Waals surface area contributed by atoms with Crippen LogP contribution in [0.2, 0.25) is 0 Å². The number of likely N-dealkylation sites (N-methyl/N-ethyl adjacent to an activating group) is 1. The molecule has 1 rings (SSSR count). The van der Waals surface area contributed by atoms with Crippen molar-refractivity contribution in [2.24, 2.45) is 0 Å². The molecule has 0 unspecified atom stereocenters. The smallest absolute Gasteiger partial charge is 0.326 e. The molecule has 1 N–H and O–H groups in total. The Labute approximate surface area is 92.6 Å². The van der Waals surface area contributed by atoms with E-state index in [0.29, 0.717) is 6.61 Å². The van der Waals surface area contributed by atoms with Crippen LogP contribution in [0.4, 0.5) is 0 Å². The van der Waals surface area contributed by atoms with Gasteiger partial charge in [-0.15, -0.1) is 0 Å². The first-order valence-corrected chi connectivity index (χ1v) is 6.17. The Morgan fingerprint density at radius 2 is 1.80 bits per heavy atom. The molecule has 0 atom stereocenters. The lowest BCUT2D eigenvalue weighted by molar-refractivity contribution is -0.152. The van der Waals surface area contributed by atoms with E-state index >= 15 is 0 Å². The normalized spacial score (nSPS) is 20.7. The third-order valence-electron chi connectivity index (χ3n) is 3.14. The second-order valence-corrected chi connectivity index (χ2v) is 4.25. The van der Waals surface area contributed by atoms with Gasteiger partial charge < -0.3 is 10.1 Å². The van der Waals surface area contributed by atoms with Crippen LogP contribution >= 0.6 is 0 Å². The minimum absolute atomic E-state index is 0.0475. The van der Waals surface area contributed by atoms with Gasteiger partial charge in [0, 0.05) is 0 Å². The predicted molar refractivity (Wildman–Crippen MR) is 60.7 cm³/mol. The summed E-state index contributed by atoms with van der Waals surface area (Å²) in [5.74, 6) is -0.0475. The monoisotopic (exact) mass is 213 g/mol. The van der Waals surface area contributed by atoms with Crippen LogP contribution in [0.25, 0.3) is 0 Å². The molecule has 0 aromatic rings. The molecular formula is C12H23NO2. The minimum Gasteiger partial charge on any atom is -0.465 e. The first kappa shape index (κ1) is 12.5. The first-order chi connectivity index (χ1) is 7.25. The summed E-state index contributed by atoms with van der Waals surface area (Å²) in [4.78, 5) is 12.0. The van der Waals surface area contributed by atoms with Gasteiger partial charge in [-0.25, -0.2) is 0 Å². The average molecular weight is 213 g/mol. The molecule has 1 fully saturated rings. The summed E-state index contributed by atoms with van der Waals surface area (Å²) < 4.78 is 5.19. The molecule has 3 heteroatoms. The second kappa shape index (κ2) is 6.11. The molecule has 0 aromatic carbocycles. The SMILES string of the molecule is CCNC1(C(=O)OCC)CCCCCC1. The van der Waals surface area contributed by atoms with E-state index in [-0.39, 0.29) is 11.5 Å². The number of hydrogen-bond acceptors (Lipinski definition) is 3. The molecule has 0 amide bonds. The van der Waals surface area contributed by atoms with Crippen LogP contribution in [0.1, 0.15) is 52.4 Å². The van der Waals surface area contributed by atoms with Crippen molar-refractivity contribution in [2.75, 3.05) is 13.2 Å². The number of hydrogen-bond donors (Lipinski definition) is 1. The molecule has 15 heavy (non-hydrogen) atoms. The van der Waals surface area contributed by atoms with Crippen molar-refractivity contribution in [3.05, 3.63) is 0 Å². The van der Waals surface area contributed by atoms with E-state index in [1.165, 1.54) is 12.8 Å². The Morgan fingerprint density at radius 3 is 2.27 bits per heavy atom. The highest BCUT2D eigenvalue weighted by atomic mass is 16.5. The highest BCUT2D eigenvalue weighted by molar-refractivity contribution is 5.80. The molecule has 3 nitrogen and oxygen atoms in total. The third kappa shape index (κ3) is 3.20. The average Bonchev–Trinajstić information content (AvgIpc) is 2.45. The first-order valence-electron chi connectivity index (χ1n) is 6.17. The van der Waals surface area contributed by atoms with Gasteiger partial charge in [0.25, 0.3) is 0 Å². The Balaban J connectivity index is 2.69. The van der Waals surface area contributed by atoms with E-state index in [1.807, 2.05) is 13.8 Å². The van der Waals surface area contributed by atoms with Crippen LogP contribution in [-0.2, 0) is 9.53 Å². The fourth-order valence-electron chi connectivity index (χ4n) is 2.39. The molecule has 88 valence electrons. The molecule has 0 spiro atoms. The number of carbonyl (C=O) groups is 1. The Kier molecular flexibility index (Phi) is 5.09. The summed E-state index contributed by atoms with van der Waals surface area (Å²) in [6, 6.07) is 0. The van der Waals surface area contributed by atoms with Gasteiger partial charge in [0.05, 0.1) is 6.61 Å². The zero-order valence-electron chi connectivity index (χ0n) is 9.97. The lowest BCUT2D eigenvalue weighted by atomic mass is 9.90. The van der Waals surface area contributed by atoms with E-state index in [4.69, 9.17) is 4.74 Å². The number of rotatable bonds is 4. The van der Waals surface area contributed by atoms with Gasteiger partial charge in [0.15, 0.2) is 0 Å². The Hall–Kier alpha value is -0.570. The summed E-state index contributed by atoms with van der Waals surface area (Å²) in [5, 5.41) is 3.35. The number of carbonyl (C=O) groups excluding carboxylic acids is 1. The van der Waals surface area contributed by atoms with E-state index in [9.17, 15) is 4.79 Å². The van der Waals surface area contributed by atoms with Crippen LogP contribution in [-0.4, -0.2) is 24.7 Å². The standard InChI is InChI=1S/C12H23NO2/c1-3-13-12(11(14)15-4-2)9-7-5-6-8-10-12/h13H,3-10H2,1-2H3. The lowest BCUT2D eigenvalue weighted by Crippen LogP contribution is -2.52. The Bertz CT molecular complexity index is 196. The molecule has 0 saturated heterocycles. The quantitative estimate of drug-likeness (QED) is 0.575.